The van der Waals surface area contributed by atoms with Crippen molar-refractivity contribution in [3.8, 4) is 11.5 Å². The minimum atomic E-state index is -1.09. The Balaban J connectivity index is 1.61. The molecule has 138 valence electrons. The molecular weight excluding hydrogens is 340 g/mol. The fourth-order valence-corrected chi connectivity index (χ4v) is 3.13. The zero-order chi connectivity index (χ0) is 18.5. The Hall–Kier alpha value is -2.63. The number of halogens is 2. The number of piperidine rings is 1. The standard InChI is InChI=1S/C20H21F2NO3/c1-25-15-6-2-7-16(11-15)26-13-14-5-4-10-23(12-14)20(24)17-8-3-9-18(21)19(17)22/h2-3,6-9,11,14H,4-5,10,12-13H2,1H3/t14-/m0/s1. The van der Waals surface area contributed by atoms with Gasteiger partial charge in [0, 0.05) is 25.1 Å². The Morgan fingerprint density at radius 3 is 2.77 bits per heavy atom. The summed E-state index contributed by atoms with van der Waals surface area (Å²) < 4.78 is 38.2. The average Bonchev–Trinajstić information content (AvgIpc) is 2.68. The van der Waals surface area contributed by atoms with Crippen molar-refractivity contribution in [1.29, 1.82) is 0 Å². The van der Waals surface area contributed by atoms with Crippen LogP contribution in [0.2, 0.25) is 0 Å². The molecule has 1 aliphatic rings. The van der Waals surface area contributed by atoms with E-state index in [0.29, 0.717) is 31.2 Å². The van der Waals surface area contributed by atoms with Crippen molar-refractivity contribution >= 4 is 5.91 Å². The first kappa shape index (κ1) is 18.2. The Morgan fingerprint density at radius 1 is 1.19 bits per heavy atom. The first-order chi connectivity index (χ1) is 12.6. The van der Waals surface area contributed by atoms with Crippen molar-refractivity contribution in [1.82, 2.24) is 4.90 Å². The fourth-order valence-electron chi connectivity index (χ4n) is 3.13. The van der Waals surface area contributed by atoms with E-state index in [0.717, 1.165) is 18.9 Å². The molecule has 4 nitrogen and oxygen atoms in total. The predicted octanol–water partition coefficient (Wildman–Crippen LogP) is 3.90. The molecule has 0 N–H and O–H groups in total. The lowest BCUT2D eigenvalue weighted by atomic mass is 9.98. The summed E-state index contributed by atoms with van der Waals surface area (Å²) in [7, 11) is 1.59. The van der Waals surface area contributed by atoms with Crippen LogP contribution in [0.15, 0.2) is 42.5 Å². The van der Waals surface area contributed by atoms with Crippen molar-refractivity contribution in [2.24, 2.45) is 5.92 Å². The van der Waals surface area contributed by atoms with Gasteiger partial charge in [0.15, 0.2) is 11.6 Å². The molecule has 0 aliphatic carbocycles. The van der Waals surface area contributed by atoms with Crippen LogP contribution in [0.1, 0.15) is 23.2 Å². The van der Waals surface area contributed by atoms with Gasteiger partial charge in [-0.25, -0.2) is 8.78 Å². The SMILES string of the molecule is COc1cccc(OC[C@H]2CCCN(C(=O)c3cccc(F)c3F)C2)c1. The summed E-state index contributed by atoms with van der Waals surface area (Å²) >= 11 is 0. The van der Waals surface area contributed by atoms with E-state index in [2.05, 4.69) is 0 Å². The number of rotatable bonds is 5. The molecule has 0 spiro atoms. The number of carbonyl (C=O) groups excluding carboxylic acids is 1. The van der Waals surface area contributed by atoms with Gasteiger partial charge in [-0.3, -0.25) is 4.79 Å². The van der Waals surface area contributed by atoms with Crippen LogP contribution in [-0.4, -0.2) is 37.6 Å². The highest BCUT2D eigenvalue weighted by atomic mass is 19.2. The molecule has 26 heavy (non-hydrogen) atoms. The lowest BCUT2D eigenvalue weighted by Gasteiger charge is -2.32. The summed E-state index contributed by atoms with van der Waals surface area (Å²) in [4.78, 5) is 14.1. The van der Waals surface area contributed by atoms with Gasteiger partial charge < -0.3 is 14.4 Å². The topological polar surface area (TPSA) is 38.8 Å². The third-order valence-electron chi connectivity index (χ3n) is 4.52. The van der Waals surface area contributed by atoms with E-state index >= 15 is 0 Å². The van der Waals surface area contributed by atoms with Gasteiger partial charge >= 0.3 is 0 Å². The number of carbonyl (C=O) groups is 1. The van der Waals surface area contributed by atoms with Gasteiger partial charge in [0.1, 0.15) is 11.5 Å². The van der Waals surface area contributed by atoms with Crippen molar-refractivity contribution in [2.45, 2.75) is 12.8 Å². The highest BCUT2D eigenvalue weighted by Crippen LogP contribution is 2.23. The average molecular weight is 361 g/mol. The Bertz CT molecular complexity index is 781. The summed E-state index contributed by atoms with van der Waals surface area (Å²) in [5, 5.41) is 0. The summed E-state index contributed by atoms with van der Waals surface area (Å²) in [5.74, 6) is -1.03. The van der Waals surface area contributed by atoms with E-state index in [1.165, 1.54) is 12.1 Å². The molecule has 3 rings (SSSR count). The third kappa shape index (κ3) is 4.12. The van der Waals surface area contributed by atoms with Crippen molar-refractivity contribution in [2.75, 3.05) is 26.8 Å². The number of hydrogen-bond acceptors (Lipinski definition) is 3. The van der Waals surface area contributed by atoms with Crippen LogP contribution in [0.25, 0.3) is 0 Å². The Kier molecular flexibility index (Phi) is 5.71. The molecule has 0 saturated carbocycles. The summed E-state index contributed by atoms with van der Waals surface area (Å²) in [6, 6.07) is 11.0. The Labute approximate surface area is 151 Å². The van der Waals surface area contributed by atoms with Gasteiger partial charge in [0.2, 0.25) is 0 Å². The molecule has 0 unspecified atom stereocenters. The van der Waals surface area contributed by atoms with E-state index < -0.39 is 17.5 Å². The fraction of sp³-hybridized carbons (Fsp3) is 0.350. The molecule has 0 bridgehead atoms. The zero-order valence-corrected chi connectivity index (χ0v) is 14.6. The minimum Gasteiger partial charge on any atom is -0.497 e. The second kappa shape index (κ2) is 8.17. The maximum Gasteiger partial charge on any atom is 0.256 e. The number of benzene rings is 2. The van der Waals surface area contributed by atoms with Crippen LogP contribution < -0.4 is 9.47 Å². The van der Waals surface area contributed by atoms with Gasteiger partial charge in [-0.1, -0.05) is 12.1 Å². The highest BCUT2D eigenvalue weighted by Gasteiger charge is 2.27. The first-order valence-electron chi connectivity index (χ1n) is 8.58. The van der Waals surface area contributed by atoms with Crippen LogP contribution in [0, 0.1) is 17.6 Å². The van der Waals surface area contributed by atoms with Gasteiger partial charge in [-0.05, 0) is 37.1 Å². The minimum absolute atomic E-state index is 0.135. The molecule has 1 heterocycles. The maximum atomic E-state index is 13.9. The molecule has 0 radical (unpaired) electrons. The van der Waals surface area contributed by atoms with Crippen LogP contribution in [-0.2, 0) is 0 Å². The third-order valence-corrected chi connectivity index (χ3v) is 4.52. The molecule has 2 aromatic rings. The van der Waals surface area contributed by atoms with E-state index in [1.54, 1.807) is 18.1 Å². The molecule has 1 saturated heterocycles. The number of ether oxygens (including phenoxy) is 2. The molecule has 0 aromatic heterocycles. The summed E-state index contributed by atoms with van der Waals surface area (Å²) in [6.07, 6.45) is 1.72. The second-order valence-electron chi connectivity index (χ2n) is 6.35. The van der Waals surface area contributed by atoms with Crippen molar-refractivity contribution in [3.63, 3.8) is 0 Å². The quantitative estimate of drug-likeness (QED) is 0.811. The van der Waals surface area contributed by atoms with Crippen LogP contribution in [0.5, 0.6) is 11.5 Å². The predicted molar refractivity (Wildman–Crippen MR) is 93.5 cm³/mol. The van der Waals surface area contributed by atoms with Crippen molar-refractivity contribution in [3.05, 3.63) is 59.7 Å². The van der Waals surface area contributed by atoms with E-state index in [1.807, 2.05) is 18.2 Å². The molecule has 1 aliphatic heterocycles. The number of likely N-dealkylation sites (tertiary alicyclic amines) is 1. The zero-order valence-electron chi connectivity index (χ0n) is 14.6. The lowest BCUT2D eigenvalue weighted by molar-refractivity contribution is 0.0627. The number of methoxy groups -OCH3 is 1. The van der Waals surface area contributed by atoms with Crippen molar-refractivity contribution < 1.29 is 23.0 Å². The molecule has 6 heteroatoms. The molecule has 1 atom stereocenters. The van der Waals surface area contributed by atoms with E-state index in [4.69, 9.17) is 9.47 Å². The molecule has 1 amide bonds. The molecule has 2 aromatic carbocycles. The molecular formula is C20H21F2NO3. The van der Waals surface area contributed by atoms with E-state index in [-0.39, 0.29) is 11.5 Å². The van der Waals surface area contributed by atoms with Crippen LogP contribution in [0.4, 0.5) is 8.78 Å². The maximum absolute atomic E-state index is 13.9. The van der Waals surface area contributed by atoms with Crippen LogP contribution >= 0.6 is 0 Å². The van der Waals surface area contributed by atoms with Crippen LogP contribution in [0.3, 0.4) is 0 Å². The summed E-state index contributed by atoms with van der Waals surface area (Å²) in [6.45, 7) is 1.44. The normalized spacial score (nSPS) is 17.0. The van der Waals surface area contributed by atoms with Gasteiger partial charge in [-0.2, -0.15) is 0 Å². The van der Waals surface area contributed by atoms with E-state index in [9.17, 15) is 13.6 Å². The first-order valence-corrected chi connectivity index (χ1v) is 8.58. The van der Waals surface area contributed by atoms with Gasteiger partial charge in [0.05, 0.1) is 19.3 Å². The number of hydrogen-bond donors (Lipinski definition) is 0. The summed E-state index contributed by atoms with van der Waals surface area (Å²) in [5.41, 5.74) is -0.223. The largest absolute Gasteiger partial charge is 0.497 e. The second-order valence-corrected chi connectivity index (χ2v) is 6.35. The molecule has 1 fully saturated rings. The highest BCUT2D eigenvalue weighted by molar-refractivity contribution is 5.94. The van der Waals surface area contributed by atoms with Gasteiger partial charge in [-0.15, -0.1) is 0 Å². The Morgan fingerprint density at radius 2 is 1.96 bits per heavy atom. The van der Waals surface area contributed by atoms with Gasteiger partial charge in [0.25, 0.3) is 5.91 Å². The smallest absolute Gasteiger partial charge is 0.256 e. The monoisotopic (exact) mass is 361 g/mol. The lowest BCUT2D eigenvalue weighted by Crippen LogP contribution is -2.42. The number of amides is 1. The number of nitrogens with zero attached hydrogens (tertiary/aromatic N) is 1.